The number of hydrogen-bond acceptors (Lipinski definition) is 3. The van der Waals surface area contributed by atoms with E-state index in [2.05, 4.69) is 45.9 Å². The summed E-state index contributed by atoms with van der Waals surface area (Å²) in [5, 5.41) is 0. The summed E-state index contributed by atoms with van der Waals surface area (Å²) in [5.41, 5.74) is 2.64. The smallest absolute Gasteiger partial charge is 0.223 e. The molecule has 2 heterocycles. The van der Waals surface area contributed by atoms with Crippen LogP contribution < -0.4 is 4.90 Å². The number of amides is 1. The molecule has 1 amide bonds. The van der Waals surface area contributed by atoms with Gasteiger partial charge in [-0.15, -0.1) is 0 Å². The first-order valence-electron chi connectivity index (χ1n) is 9.04. The lowest BCUT2D eigenvalue weighted by Crippen LogP contribution is -2.47. The molecule has 126 valence electrons. The van der Waals surface area contributed by atoms with Gasteiger partial charge in [0.25, 0.3) is 0 Å². The van der Waals surface area contributed by atoms with Crippen molar-refractivity contribution in [2.45, 2.75) is 32.6 Å². The second-order valence-electron chi connectivity index (χ2n) is 6.86. The summed E-state index contributed by atoms with van der Waals surface area (Å²) in [7, 11) is 0. The molecule has 0 atom stereocenters. The Balaban J connectivity index is 1.41. The van der Waals surface area contributed by atoms with Crippen LogP contribution in [0.15, 0.2) is 24.3 Å². The molecular weight excluding hydrogens is 286 g/mol. The first-order chi connectivity index (χ1) is 11.2. The largest absolute Gasteiger partial charge is 0.369 e. The Labute approximate surface area is 140 Å². The third-order valence-corrected chi connectivity index (χ3v) is 5.09. The molecule has 4 nitrogen and oxygen atoms in total. The fraction of sp³-hybridized carbons (Fsp3) is 0.632. The molecule has 0 saturated carbocycles. The molecule has 2 aliphatic rings. The number of carbonyl (C=O) groups is 1. The van der Waals surface area contributed by atoms with Gasteiger partial charge in [0.2, 0.25) is 5.91 Å². The van der Waals surface area contributed by atoms with Gasteiger partial charge in [-0.05, 0) is 43.9 Å². The lowest BCUT2D eigenvalue weighted by Gasteiger charge is -2.36. The van der Waals surface area contributed by atoms with Crippen molar-refractivity contribution in [1.82, 2.24) is 9.80 Å². The third-order valence-electron chi connectivity index (χ3n) is 5.09. The average Bonchev–Trinajstić information content (AvgIpc) is 2.61. The van der Waals surface area contributed by atoms with Crippen LogP contribution in [0.3, 0.4) is 0 Å². The molecule has 0 aliphatic carbocycles. The second kappa shape index (κ2) is 7.82. The van der Waals surface area contributed by atoms with Gasteiger partial charge in [-0.3, -0.25) is 9.69 Å². The first kappa shape index (κ1) is 16.3. The van der Waals surface area contributed by atoms with Crippen LogP contribution in [-0.2, 0) is 4.79 Å². The number of rotatable bonds is 4. The predicted octanol–water partition coefficient (Wildman–Crippen LogP) is 2.52. The van der Waals surface area contributed by atoms with E-state index in [-0.39, 0.29) is 0 Å². The van der Waals surface area contributed by atoms with E-state index in [1.54, 1.807) is 0 Å². The Morgan fingerprint density at radius 2 is 1.74 bits per heavy atom. The van der Waals surface area contributed by atoms with Crippen molar-refractivity contribution in [3.63, 3.8) is 0 Å². The molecule has 2 fully saturated rings. The number of nitrogens with zero attached hydrogens (tertiary/aromatic N) is 3. The quantitative estimate of drug-likeness (QED) is 0.854. The van der Waals surface area contributed by atoms with Gasteiger partial charge in [0.15, 0.2) is 0 Å². The summed E-state index contributed by atoms with van der Waals surface area (Å²) in [6.45, 7) is 9.23. The van der Waals surface area contributed by atoms with E-state index < -0.39 is 0 Å². The van der Waals surface area contributed by atoms with Crippen molar-refractivity contribution in [3.8, 4) is 0 Å². The van der Waals surface area contributed by atoms with E-state index >= 15 is 0 Å². The van der Waals surface area contributed by atoms with Gasteiger partial charge in [0, 0.05) is 57.9 Å². The molecule has 3 rings (SSSR count). The molecular formula is C19H29N3O. The van der Waals surface area contributed by atoms with Gasteiger partial charge in [-0.2, -0.15) is 0 Å². The highest BCUT2D eigenvalue weighted by Gasteiger charge is 2.20. The van der Waals surface area contributed by atoms with Crippen LogP contribution in [0.2, 0.25) is 0 Å². The maximum Gasteiger partial charge on any atom is 0.223 e. The summed E-state index contributed by atoms with van der Waals surface area (Å²) >= 11 is 0. The summed E-state index contributed by atoms with van der Waals surface area (Å²) in [6, 6.07) is 8.73. The van der Waals surface area contributed by atoms with E-state index in [1.165, 1.54) is 30.5 Å². The fourth-order valence-corrected chi connectivity index (χ4v) is 3.61. The average molecular weight is 315 g/mol. The summed E-state index contributed by atoms with van der Waals surface area (Å²) in [5.74, 6) is 0.353. The van der Waals surface area contributed by atoms with Gasteiger partial charge in [-0.1, -0.05) is 12.1 Å². The van der Waals surface area contributed by atoms with Crippen LogP contribution in [0.5, 0.6) is 0 Å². The fourth-order valence-electron chi connectivity index (χ4n) is 3.61. The first-order valence-corrected chi connectivity index (χ1v) is 9.04. The van der Waals surface area contributed by atoms with Crippen molar-refractivity contribution >= 4 is 11.6 Å². The number of piperazine rings is 1. The monoisotopic (exact) mass is 315 g/mol. The molecule has 0 N–H and O–H groups in total. The highest BCUT2D eigenvalue weighted by Crippen LogP contribution is 2.18. The standard InChI is InChI=1S/C19H29N3O/c1-17-6-5-7-18(16-17)21-14-12-20(13-15-21)11-8-19(23)22-9-3-2-4-10-22/h5-7,16H,2-4,8-15H2,1H3. The molecule has 4 heteroatoms. The lowest BCUT2D eigenvalue weighted by molar-refractivity contribution is -0.132. The molecule has 2 saturated heterocycles. The van der Waals surface area contributed by atoms with Gasteiger partial charge in [-0.25, -0.2) is 0 Å². The normalized spacial score (nSPS) is 19.9. The van der Waals surface area contributed by atoms with Crippen molar-refractivity contribution in [1.29, 1.82) is 0 Å². The number of benzene rings is 1. The Hall–Kier alpha value is -1.55. The zero-order valence-electron chi connectivity index (χ0n) is 14.3. The Kier molecular flexibility index (Phi) is 5.55. The summed E-state index contributed by atoms with van der Waals surface area (Å²) < 4.78 is 0. The molecule has 0 bridgehead atoms. The topological polar surface area (TPSA) is 26.8 Å². The number of piperidine rings is 1. The van der Waals surface area contributed by atoms with Gasteiger partial charge in [0.05, 0.1) is 0 Å². The van der Waals surface area contributed by atoms with E-state index in [4.69, 9.17) is 0 Å². The minimum absolute atomic E-state index is 0.353. The molecule has 0 radical (unpaired) electrons. The Morgan fingerprint density at radius 1 is 1.00 bits per heavy atom. The van der Waals surface area contributed by atoms with Crippen LogP contribution in [0.25, 0.3) is 0 Å². The van der Waals surface area contributed by atoms with Crippen molar-refractivity contribution in [2.24, 2.45) is 0 Å². The molecule has 1 aromatic rings. The van der Waals surface area contributed by atoms with E-state index in [0.717, 1.165) is 45.8 Å². The molecule has 0 spiro atoms. The maximum atomic E-state index is 12.3. The molecule has 2 aliphatic heterocycles. The number of carbonyl (C=O) groups excluding carboxylic acids is 1. The van der Waals surface area contributed by atoms with Gasteiger partial charge < -0.3 is 9.80 Å². The van der Waals surface area contributed by atoms with Crippen molar-refractivity contribution in [2.75, 3.05) is 50.7 Å². The maximum absolute atomic E-state index is 12.3. The SMILES string of the molecule is Cc1cccc(N2CCN(CCC(=O)N3CCCCC3)CC2)c1. The molecule has 1 aromatic carbocycles. The van der Waals surface area contributed by atoms with Crippen LogP contribution >= 0.6 is 0 Å². The summed E-state index contributed by atoms with van der Waals surface area (Å²) in [6.07, 6.45) is 4.33. The van der Waals surface area contributed by atoms with E-state index in [9.17, 15) is 4.79 Å². The van der Waals surface area contributed by atoms with Crippen LogP contribution in [0.1, 0.15) is 31.2 Å². The molecule has 23 heavy (non-hydrogen) atoms. The Morgan fingerprint density at radius 3 is 2.43 bits per heavy atom. The van der Waals surface area contributed by atoms with Crippen LogP contribution in [-0.4, -0.2) is 61.5 Å². The number of aryl methyl sites for hydroxylation is 1. The van der Waals surface area contributed by atoms with Crippen LogP contribution in [0.4, 0.5) is 5.69 Å². The number of anilines is 1. The number of hydrogen-bond donors (Lipinski definition) is 0. The summed E-state index contributed by atoms with van der Waals surface area (Å²) in [4.78, 5) is 19.2. The molecule has 0 unspecified atom stereocenters. The van der Waals surface area contributed by atoms with E-state index in [1.807, 2.05) is 0 Å². The van der Waals surface area contributed by atoms with Gasteiger partial charge in [0.1, 0.15) is 0 Å². The van der Waals surface area contributed by atoms with Crippen LogP contribution in [0, 0.1) is 6.92 Å². The Bertz CT molecular complexity index is 517. The number of likely N-dealkylation sites (tertiary alicyclic amines) is 1. The lowest BCUT2D eigenvalue weighted by atomic mass is 10.1. The zero-order valence-corrected chi connectivity index (χ0v) is 14.3. The minimum atomic E-state index is 0.353. The second-order valence-corrected chi connectivity index (χ2v) is 6.86. The molecule has 0 aromatic heterocycles. The van der Waals surface area contributed by atoms with Crippen molar-refractivity contribution in [3.05, 3.63) is 29.8 Å². The van der Waals surface area contributed by atoms with Gasteiger partial charge >= 0.3 is 0 Å². The van der Waals surface area contributed by atoms with Crippen molar-refractivity contribution < 1.29 is 4.79 Å². The third kappa shape index (κ3) is 4.47. The predicted molar refractivity (Wildman–Crippen MR) is 94.9 cm³/mol. The minimum Gasteiger partial charge on any atom is -0.369 e. The van der Waals surface area contributed by atoms with E-state index in [0.29, 0.717) is 12.3 Å². The highest BCUT2D eigenvalue weighted by atomic mass is 16.2. The highest BCUT2D eigenvalue weighted by molar-refractivity contribution is 5.76. The zero-order chi connectivity index (χ0) is 16.1.